The molecule has 9 heteroatoms. The Bertz CT molecular complexity index is 469. The quantitative estimate of drug-likeness (QED) is 0.101. The van der Waals surface area contributed by atoms with E-state index in [1.54, 1.807) is 0 Å². The van der Waals surface area contributed by atoms with Crippen molar-refractivity contribution in [3.8, 4) is 0 Å². The summed E-state index contributed by atoms with van der Waals surface area (Å²) in [7, 11) is 0. The fourth-order valence-corrected chi connectivity index (χ4v) is 3.18. The molecular weight excluding hydrogens is 480 g/mol. The van der Waals surface area contributed by atoms with Crippen molar-refractivity contribution in [1.29, 1.82) is 0 Å². The number of carbonyl (C=O) groups is 1. The number of esters is 1. The fraction of sp³-hybridized carbons (Fsp3) is 0.964. The zero-order chi connectivity index (χ0) is 27.3. The van der Waals surface area contributed by atoms with Gasteiger partial charge in [-0.25, -0.2) is 4.79 Å². The zero-order valence-electron chi connectivity index (χ0n) is 24.2. The molecule has 222 valence electrons. The van der Waals surface area contributed by atoms with Gasteiger partial charge in [0.05, 0.1) is 79.3 Å². The van der Waals surface area contributed by atoms with E-state index in [1.165, 1.54) is 44.9 Å². The summed E-state index contributed by atoms with van der Waals surface area (Å²) in [4.78, 5) is 11.5. The van der Waals surface area contributed by atoms with Crippen LogP contribution in [0, 0.1) is 0 Å². The largest absolute Gasteiger partial charge is 0.458 e. The lowest BCUT2D eigenvalue weighted by molar-refractivity contribution is -0.160. The Balaban J connectivity index is 3.09. The first kappa shape index (κ1) is 36.2. The summed E-state index contributed by atoms with van der Waals surface area (Å²) in [5.74, 6) is -0.375. The summed E-state index contributed by atoms with van der Waals surface area (Å²) >= 11 is 0. The second kappa shape index (κ2) is 28.2. The van der Waals surface area contributed by atoms with E-state index in [-0.39, 0.29) is 12.6 Å². The summed E-state index contributed by atoms with van der Waals surface area (Å²) in [6.07, 6.45) is 10.5. The second-order valence-corrected chi connectivity index (χ2v) is 9.79. The van der Waals surface area contributed by atoms with Crippen molar-refractivity contribution in [2.24, 2.45) is 0 Å². The Hall–Kier alpha value is -0.810. The molecule has 0 N–H and O–H groups in total. The summed E-state index contributed by atoms with van der Waals surface area (Å²) in [5.41, 5.74) is -0.498. The Labute approximate surface area is 226 Å². The number of carbonyl (C=O) groups excluding carboxylic acids is 1. The molecule has 0 radical (unpaired) electrons. The molecule has 0 aromatic rings. The van der Waals surface area contributed by atoms with E-state index < -0.39 is 5.60 Å². The highest BCUT2D eigenvalue weighted by Gasteiger charge is 2.15. The molecule has 0 spiro atoms. The maximum atomic E-state index is 11.5. The van der Waals surface area contributed by atoms with Gasteiger partial charge in [-0.15, -0.1) is 0 Å². The van der Waals surface area contributed by atoms with Crippen molar-refractivity contribution in [1.82, 2.24) is 0 Å². The Kier molecular flexibility index (Phi) is 27.6. The van der Waals surface area contributed by atoms with E-state index in [9.17, 15) is 4.79 Å². The van der Waals surface area contributed by atoms with Crippen molar-refractivity contribution < 1.29 is 42.7 Å². The van der Waals surface area contributed by atoms with Gasteiger partial charge < -0.3 is 37.9 Å². The third-order valence-corrected chi connectivity index (χ3v) is 5.01. The molecule has 37 heavy (non-hydrogen) atoms. The Morgan fingerprint density at radius 2 is 0.784 bits per heavy atom. The van der Waals surface area contributed by atoms with Crippen LogP contribution in [-0.4, -0.2) is 104 Å². The van der Waals surface area contributed by atoms with Gasteiger partial charge in [-0.3, -0.25) is 0 Å². The van der Waals surface area contributed by atoms with Crippen molar-refractivity contribution in [3.63, 3.8) is 0 Å². The smallest absolute Gasteiger partial charge is 0.332 e. The monoisotopic (exact) mass is 536 g/mol. The fourth-order valence-electron chi connectivity index (χ4n) is 3.18. The van der Waals surface area contributed by atoms with Crippen molar-refractivity contribution in [3.05, 3.63) is 0 Å². The van der Waals surface area contributed by atoms with Crippen LogP contribution in [0.3, 0.4) is 0 Å². The molecule has 0 bridgehead atoms. The molecule has 0 aliphatic carbocycles. The topological polar surface area (TPSA) is 90.9 Å². The SMILES string of the molecule is CCCCCCCCCCOCCOCCOCCOCCOCCOCCOCC(=O)OC(C)(C)C. The van der Waals surface area contributed by atoms with Gasteiger partial charge in [-0.05, 0) is 27.2 Å². The van der Waals surface area contributed by atoms with E-state index in [4.69, 9.17) is 37.9 Å². The molecule has 0 saturated heterocycles. The highest BCUT2D eigenvalue weighted by molar-refractivity contribution is 5.71. The van der Waals surface area contributed by atoms with Gasteiger partial charge in [0, 0.05) is 6.61 Å². The van der Waals surface area contributed by atoms with E-state index in [0.717, 1.165) is 13.0 Å². The second-order valence-electron chi connectivity index (χ2n) is 9.79. The molecule has 0 aromatic carbocycles. The predicted molar refractivity (Wildman–Crippen MR) is 144 cm³/mol. The number of ether oxygens (including phenoxy) is 8. The van der Waals surface area contributed by atoms with Crippen molar-refractivity contribution in [2.75, 3.05) is 92.5 Å². The number of rotatable bonds is 29. The molecule has 0 rings (SSSR count). The third kappa shape index (κ3) is 33.2. The van der Waals surface area contributed by atoms with Crippen LogP contribution < -0.4 is 0 Å². The van der Waals surface area contributed by atoms with E-state index in [0.29, 0.717) is 79.3 Å². The highest BCUT2D eigenvalue weighted by atomic mass is 16.6. The van der Waals surface area contributed by atoms with Crippen LogP contribution >= 0.6 is 0 Å². The number of unbranched alkanes of at least 4 members (excludes halogenated alkanes) is 7. The summed E-state index contributed by atoms with van der Waals surface area (Å²) < 4.78 is 43.2. The molecule has 0 aliphatic rings. The summed E-state index contributed by atoms with van der Waals surface area (Å²) in [6.45, 7) is 14.6. The van der Waals surface area contributed by atoms with E-state index in [1.807, 2.05) is 20.8 Å². The van der Waals surface area contributed by atoms with Crippen LogP contribution in [0.25, 0.3) is 0 Å². The van der Waals surface area contributed by atoms with Crippen LogP contribution in [0.2, 0.25) is 0 Å². The zero-order valence-corrected chi connectivity index (χ0v) is 24.2. The van der Waals surface area contributed by atoms with Gasteiger partial charge in [0.2, 0.25) is 0 Å². The minimum atomic E-state index is -0.498. The highest BCUT2D eigenvalue weighted by Crippen LogP contribution is 2.08. The van der Waals surface area contributed by atoms with Gasteiger partial charge in [-0.1, -0.05) is 51.9 Å². The minimum Gasteiger partial charge on any atom is -0.458 e. The van der Waals surface area contributed by atoms with Gasteiger partial charge in [0.15, 0.2) is 0 Å². The van der Waals surface area contributed by atoms with Crippen molar-refractivity contribution >= 4 is 5.97 Å². The van der Waals surface area contributed by atoms with E-state index in [2.05, 4.69) is 6.92 Å². The normalized spacial score (nSPS) is 11.8. The standard InChI is InChI=1S/C28H56O9/c1-5-6-7-8-9-10-11-12-13-30-14-15-31-16-17-32-18-19-33-20-21-34-22-23-35-24-25-36-26-27(29)37-28(2,3)4/h5-26H2,1-4H3. The summed E-state index contributed by atoms with van der Waals surface area (Å²) in [6, 6.07) is 0. The number of hydrogen-bond donors (Lipinski definition) is 0. The molecule has 9 nitrogen and oxygen atoms in total. The average Bonchev–Trinajstić information content (AvgIpc) is 2.84. The first-order valence-corrected chi connectivity index (χ1v) is 14.2. The molecule has 0 heterocycles. The predicted octanol–water partition coefficient (Wildman–Crippen LogP) is 4.59. The maximum absolute atomic E-state index is 11.5. The molecule has 0 saturated carbocycles. The van der Waals surface area contributed by atoms with Gasteiger partial charge >= 0.3 is 5.97 Å². The minimum absolute atomic E-state index is 0.0698. The van der Waals surface area contributed by atoms with Crippen LogP contribution in [0.4, 0.5) is 0 Å². The van der Waals surface area contributed by atoms with Gasteiger partial charge in [-0.2, -0.15) is 0 Å². The molecule has 0 aliphatic heterocycles. The summed E-state index contributed by atoms with van der Waals surface area (Å²) in [5, 5.41) is 0. The Morgan fingerprint density at radius 3 is 1.16 bits per heavy atom. The maximum Gasteiger partial charge on any atom is 0.332 e. The first-order chi connectivity index (χ1) is 18.0. The van der Waals surface area contributed by atoms with E-state index >= 15 is 0 Å². The molecule has 0 amide bonds. The van der Waals surface area contributed by atoms with Crippen LogP contribution in [0.1, 0.15) is 79.1 Å². The van der Waals surface area contributed by atoms with Crippen LogP contribution in [0.15, 0.2) is 0 Å². The first-order valence-electron chi connectivity index (χ1n) is 14.2. The Morgan fingerprint density at radius 1 is 0.459 bits per heavy atom. The van der Waals surface area contributed by atoms with Crippen molar-refractivity contribution in [2.45, 2.75) is 84.7 Å². The molecule has 0 unspecified atom stereocenters. The van der Waals surface area contributed by atoms with Gasteiger partial charge in [0.1, 0.15) is 12.2 Å². The third-order valence-electron chi connectivity index (χ3n) is 5.01. The molecule has 0 atom stereocenters. The van der Waals surface area contributed by atoms with Crippen LogP contribution in [0.5, 0.6) is 0 Å². The molecule has 0 aromatic heterocycles. The average molecular weight is 537 g/mol. The van der Waals surface area contributed by atoms with Crippen LogP contribution in [-0.2, 0) is 42.7 Å². The molecule has 0 fully saturated rings. The lowest BCUT2D eigenvalue weighted by Crippen LogP contribution is -2.27. The van der Waals surface area contributed by atoms with Gasteiger partial charge in [0.25, 0.3) is 0 Å². The number of hydrogen-bond acceptors (Lipinski definition) is 9. The lowest BCUT2D eigenvalue weighted by Gasteiger charge is -2.19. The molecular formula is C28H56O9. The lowest BCUT2D eigenvalue weighted by atomic mass is 10.1.